The van der Waals surface area contributed by atoms with E-state index in [1.54, 1.807) is 24.3 Å². The predicted molar refractivity (Wildman–Crippen MR) is 74.3 cm³/mol. The second-order valence-corrected chi connectivity index (χ2v) is 4.43. The van der Waals surface area contributed by atoms with Gasteiger partial charge in [-0.3, -0.25) is 0 Å². The van der Waals surface area contributed by atoms with E-state index in [1.165, 1.54) is 18.2 Å². The van der Waals surface area contributed by atoms with Crippen LogP contribution in [0.4, 0.5) is 20.2 Å². The Morgan fingerprint density at radius 3 is 1.82 bits per heavy atom. The lowest BCUT2D eigenvalue weighted by molar-refractivity contribution is 0.631. The van der Waals surface area contributed by atoms with Crippen LogP contribution in [-0.2, 0) is 0 Å². The number of halogens is 3. The highest BCUT2D eigenvalue weighted by molar-refractivity contribution is 14.1. The van der Waals surface area contributed by atoms with Crippen molar-refractivity contribution in [1.82, 2.24) is 0 Å². The van der Waals surface area contributed by atoms with Gasteiger partial charge in [0.2, 0.25) is 0 Å². The van der Waals surface area contributed by atoms with E-state index in [0.29, 0.717) is 0 Å². The number of anilines is 2. The van der Waals surface area contributed by atoms with Gasteiger partial charge in [0.25, 0.3) is 0 Å². The summed E-state index contributed by atoms with van der Waals surface area (Å²) in [5, 5.41) is 0. The number of rotatable bonds is 0. The van der Waals surface area contributed by atoms with E-state index >= 15 is 0 Å². The van der Waals surface area contributed by atoms with Crippen molar-refractivity contribution in [2.45, 2.75) is 0 Å². The van der Waals surface area contributed by atoms with Crippen LogP contribution in [0.2, 0.25) is 0 Å². The van der Waals surface area contributed by atoms with Gasteiger partial charge in [-0.25, -0.2) is 8.78 Å². The molecule has 0 unspecified atom stereocenters. The molecule has 0 aliphatic heterocycles. The van der Waals surface area contributed by atoms with Crippen LogP contribution in [0, 0.1) is 15.2 Å². The van der Waals surface area contributed by atoms with E-state index in [1.807, 2.05) is 22.6 Å². The molecule has 0 saturated heterocycles. The first-order chi connectivity index (χ1) is 8.00. The maximum absolute atomic E-state index is 12.4. The molecule has 0 fully saturated rings. The summed E-state index contributed by atoms with van der Waals surface area (Å²) in [6.45, 7) is 0. The molecule has 0 amide bonds. The van der Waals surface area contributed by atoms with Crippen molar-refractivity contribution in [2.75, 3.05) is 11.5 Å². The maximum Gasteiger partial charge on any atom is 0.147 e. The Labute approximate surface area is 112 Å². The van der Waals surface area contributed by atoms with Crippen molar-refractivity contribution in [3.8, 4) is 0 Å². The summed E-state index contributed by atoms with van der Waals surface area (Å²) in [4.78, 5) is 0. The Balaban J connectivity index is 0.000000171. The van der Waals surface area contributed by atoms with Crippen LogP contribution < -0.4 is 11.5 Å². The first-order valence-corrected chi connectivity index (χ1v) is 5.79. The number of nitrogen functional groups attached to an aromatic ring is 2. The number of nitrogens with two attached hydrogens (primary N) is 2. The minimum absolute atomic E-state index is 0.201. The van der Waals surface area contributed by atoms with Crippen molar-refractivity contribution >= 4 is 34.0 Å². The van der Waals surface area contributed by atoms with Gasteiger partial charge in [-0.1, -0.05) is 12.1 Å². The minimum atomic E-state index is -0.354. The molecule has 0 heterocycles. The molecule has 5 heteroatoms. The zero-order valence-corrected chi connectivity index (χ0v) is 11.0. The summed E-state index contributed by atoms with van der Waals surface area (Å²) in [5.41, 5.74) is 10.8. The lowest BCUT2D eigenvalue weighted by Gasteiger charge is -1.93. The molecule has 0 bridgehead atoms. The first kappa shape index (κ1) is 13.7. The van der Waals surface area contributed by atoms with Gasteiger partial charge in [-0.05, 0) is 52.9 Å². The van der Waals surface area contributed by atoms with Gasteiger partial charge in [-0.2, -0.15) is 0 Å². The van der Waals surface area contributed by atoms with Gasteiger partial charge in [-0.15, -0.1) is 0 Å². The summed E-state index contributed by atoms with van der Waals surface area (Å²) in [5.74, 6) is -0.700. The Morgan fingerprint density at radius 1 is 0.824 bits per heavy atom. The second-order valence-electron chi connectivity index (χ2n) is 3.19. The highest BCUT2D eigenvalue weighted by atomic mass is 127. The van der Waals surface area contributed by atoms with Gasteiger partial charge >= 0.3 is 0 Å². The van der Waals surface area contributed by atoms with Gasteiger partial charge in [0.05, 0.1) is 11.4 Å². The molecule has 2 aromatic rings. The van der Waals surface area contributed by atoms with Crippen LogP contribution in [0.3, 0.4) is 0 Å². The lowest BCUT2D eigenvalue weighted by atomic mass is 10.3. The summed E-state index contributed by atoms with van der Waals surface area (Å²) >= 11 is 2.03. The highest BCUT2D eigenvalue weighted by Crippen LogP contribution is 2.12. The third-order valence-electron chi connectivity index (χ3n) is 1.87. The van der Waals surface area contributed by atoms with E-state index in [9.17, 15) is 8.78 Å². The average molecular weight is 348 g/mol. The predicted octanol–water partition coefficient (Wildman–Crippen LogP) is 3.42. The molecule has 0 radical (unpaired) electrons. The van der Waals surface area contributed by atoms with Crippen LogP contribution in [0.15, 0.2) is 42.5 Å². The maximum atomic E-state index is 12.4. The molecule has 2 nitrogen and oxygen atoms in total. The standard InChI is InChI=1S/C6H5FIN.C6H6FN/c7-5-3-4(8)1-2-6(5)9;7-5-3-1-2-4-6(5)8/h1-3H,9H2;1-4H,8H2. The van der Waals surface area contributed by atoms with Crippen LogP contribution in [0.1, 0.15) is 0 Å². The quantitative estimate of drug-likeness (QED) is 0.566. The third kappa shape index (κ3) is 4.56. The summed E-state index contributed by atoms with van der Waals surface area (Å²) < 4.78 is 25.5. The molecule has 2 aromatic carbocycles. The topological polar surface area (TPSA) is 52.0 Å². The van der Waals surface area contributed by atoms with Crippen molar-refractivity contribution in [3.05, 3.63) is 57.7 Å². The van der Waals surface area contributed by atoms with Crippen LogP contribution in [-0.4, -0.2) is 0 Å². The van der Waals surface area contributed by atoms with Crippen LogP contribution in [0.5, 0.6) is 0 Å². The molecule has 90 valence electrons. The van der Waals surface area contributed by atoms with Crippen molar-refractivity contribution < 1.29 is 8.78 Å². The lowest BCUT2D eigenvalue weighted by Crippen LogP contribution is -1.89. The molecule has 2 rings (SSSR count). The number of para-hydroxylation sites is 1. The average Bonchev–Trinajstić information content (AvgIpc) is 2.29. The molecule has 17 heavy (non-hydrogen) atoms. The van der Waals surface area contributed by atoms with Crippen molar-refractivity contribution in [2.24, 2.45) is 0 Å². The molecular formula is C12H11F2IN2. The highest BCUT2D eigenvalue weighted by Gasteiger charge is 1.95. The minimum Gasteiger partial charge on any atom is -0.396 e. The normalized spacial score (nSPS) is 9.35. The van der Waals surface area contributed by atoms with E-state index in [0.717, 1.165) is 3.57 Å². The van der Waals surface area contributed by atoms with Crippen LogP contribution >= 0.6 is 22.6 Å². The largest absolute Gasteiger partial charge is 0.396 e. The summed E-state index contributed by atoms with van der Waals surface area (Å²) in [6, 6.07) is 10.9. The Morgan fingerprint density at radius 2 is 1.41 bits per heavy atom. The van der Waals surface area contributed by atoms with Gasteiger partial charge in [0, 0.05) is 3.57 Å². The molecule has 0 spiro atoms. The van der Waals surface area contributed by atoms with Gasteiger partial charge < -0.3 is 11.5 Å². The monoisotopic (exact) mass is 348 g/mol. The number of hydrogen-bond donors (Lipinski definition) is 2. The van der Waals surface area contributed by atoms with E-state index in [-0.39, 0.29) is 23.0 Å². The van der Waals surface area contributed by atoms with Crippen LogP contribution in [0.25, 0.3) is 0 Å². The smallest absolute Gasteiger partial charge is 0.147 e. The fraction of sp³-hybridized carbons (Fsp3) is 0. The van der Waals surface area contributed by atoms with Crippen molar-refractivity contribution in [3.63, 3.8) is 0 Å². The zero-order valence-electron chi connectivity index (χ0n) is 8.83. The fourth-order valence-corrected chi connectivity index (χ4v) is 1.43. The summed E-state index contributed by atoms with van der Waals surface area (Å²) in [7, 11) is 0. The number of benzene rings is 2. The molecule has 0 aliphatic carbocycles. The molecule has 0 atom stereocenters. The van der Waals surface area contributed by atoms with Gasteiger partial charge in [0.1, 0.15) is 11.6 Å². The fourth-order valence-electron chi connectivity index (χ4n) is 0.977. The van der Waals surface area contributed by atoms with Gasteiger partial charge in [0.15, 0.2) is 0 Å². The number of hydrogen-bond acceptors (Lipinski definition) is 2. The zero-order chi connectivity index (χ0) is 12.8. The molecule has 0 saturated carbocycles. The Bertz CT molecular complexity index is 483. The SMILES string of the molecule is Nc1ccc(I)cc1F.Nc1ccccc1F. The Hall–Kier alpha value is -1.37. The van der Waals surface area contributed by atoms with Crippen molar-refractivity contribution in [1.29, 1.82) is 0 Å². The first-order valence-electron chi connectivity index (χ1n) is 4.71. The molecule has 0 aromatic heterocycles. The van der Waals surface area contributed by atoms with E-state index in [4.69, 9.17) is 11.5 Å². The Kier molecular flexibility index (Phi) is 5.14. The third-order valence-corrected chi connectivity index (χ3v) is 2.54. The van der Waals surface area contributed by atoms with E-state index in [2.05, 4.69) is 0 Å². The molecule has 4 N–H and O–H groups in total. The summed E-state index contributed by atoms with van der Waals surface area (Å²) in [6.07, 6.45) is 0. The molecular weight excluding hydrogens is 337 g/mol. The second kappa shape index (κ2) is 6.39. The molecule has 0 aliphatic rings. The van der Waals surface area contributed by atoms with E-state index < -0.39 is 0 Å².